The second-order valence-corrected chi connectivity index (χ2v) is 13.1. The Balaban J connectivity index is 1.52. The summed E-state index contributed by atoms with van der Waals surface area (Å²) in [5.74, 6) is 0.684. The monoisotopic (exact) mass is 562 g/mol. The minimum absolute atomic E-state index is 0.00458. The summed E-state index contributed by atoms with van der Waals surface area (Å²) in [6, 6.07) is 10.9. The number of carbonyl (C=O) groups excluding carboxylic acids is 2. The molecule has 2 aromatic carbocycles. The number of sulfone groups is 1. The molecule has 3 aromatic rings. The van der Waals surface area contributed by atoms with E-state index < -0.39 is 15.3 Å². The third-order valence-corrected chi connectivity index (χ3v) is 8.97. The maximum absolute atomic E-state index is 14.1. The van der Waals surface area contributed by atoms with E-state index in [1.807, 2.05) is 22.8 Å². The molecular formula is C26H28Cl2N4O4S. The average Bonchev–Trinajstić information content (AvgIpc) is 3.26. The number of aryl methyl sites for hydroxylation is 1. The van der Waals surface area contributed by atoms with Crippen LogP contribution in [0.25, 0.3) is 11.0 Å². The Bertz CT molecular complexity index is 1510. The van der Waals surface area contributed by atoms with Crippen molar-refractivity contribution >= 4 is 61.6 Å². The molecule has 37 heavy (non-hydrogen) atoms. The zero-order chi connectivity index (χ0) is 26.5. The highest BCUT2D eigenvalue weighted by Gasteiger charge is 2.52. The Morgan fingerprint density at radius 3 is 2.43 bits per heavy atom. The van der Waals surface area contributed by atoms with E-state index in [-0.39, 0.29) is 24.1 Å². The molecule has 11 heteroatoms. The lowest BCUT2D eigenvalue weighted by Gasteiger charge is -2.38. The molecule has 0 N–H and O–H groups in total. The van der Waals surface area contributed by atoms with Crippen LogP contribution in [0.1, 0.15) is 37.6 Å². The molecule has 1 fully saturated rings. The number of benzene rings is 2. The fraction of sp³-hybridized carbons (Fsp3) is 0.423. The number of likely N-dealkylation sites (tertiary alicyclic amines) is 1. The van der Waals surface area contributed by atoms with Gasteiger partial charge in [-0.2, -0.15) is 0 Å². The summed E-state index contributed by atoms with van der Waals surface area (Å²) in [5.41, 5.74) is 2.45. The fourth-order valence-electron chi connectivity index (χ4n) is 5.60. The number of nitrogens with zero attached hydrogens (tertiary/aromatic N) is 4. The van der Waals surface area contributed by atoms with Gasteiger partial charge in [-0.1, -0.05) is 23.2 Å². The Kier molecular flexibility index (Phi) is 6.75. The average molecular weight is 564 g/mol. The Morgan fingerprint density at radius 1 is 1.08 bits per heavy atom. The van der Waals surface area contributed by atoms with E-state index in [0.29, 0.717) is 60.3 Å². The molecule has 5 rings (SSSR count). The molecule has 0 unspecified atom stereocenters. The number of carbonyl (C=O) groups is 2. The summed E-state index contributed by atoms with van der Waals surface area (Å²) < 4.78 is 25.5. The Morgan fingerprint density at radius 2 is 1.76 bits per heavy atom. The van der Waals surface area contributed by atoms with Gasteiger partial charge >= 0.3 is 0 Å². The summed E-state index contributed by atoms with van der Waals surface area (Å²) in [6.07, 6.45) is 2.69. The number of piperidine rings is 1. The molecule has 0 radical (unpaired) electrons. The first-order valence-electron chi connectivity index (χ1n) is 12.2. The van der Waals surface area contributed by atoms with E-state index in [9.17, 15) is 18.0 Å². The van der Waals surface area contributed by atoms with Gasteiger partial charge in [0.15, 0.2) is 0 Å². The lowest BCUT2D eigenvalue weighted by molar-refractivity contribution is -0.133. The number of fused-ring (bicyclic) bond motifs is 3. The molecule has 196 valence electrons. The number of aromatic nitrogens is 2. The quantitative estimate of drug-likeness (QED) is 0.448. The molecule has 2 aliphatic rings. The van der Waals surface area contributed by atoms with Gasteiger partial charge in [0.2, 0.25) is 11.8 Å². The molecule has 0 atom stereocenters. The maximum Gasteiger partial charge on any atom is 0.238 e. The summed E-state index contributed by atoms with van der Waals surface area (Å²) in [5, 5.41) is 1.11. The number of rotatable bonds is 6. The van der Waals surface area contributed by atoms with E-state index >= 15 is 0 Å². The van der Waals surface area contributed by atoms with Crippen molar-refractivity contribution in [2.45, 2.75) is 44.7 Å². The van der Waals surface area contributed by atoms with E-state index in [4.69, 9.17) is 28.2 Å². The van der Waals surface area contributed by atoms with Gasteiger partial charge in [0, 0.05) is 48.5 Å². The van der Waals surface area contributed by atoms with Gasteiger partial charge in [0.1, 0.15) is 15.7 Å². The largest absolute Gasteiger partial charge is 0.343 e. The number of imidazole rings is 1. The predicted molar refractivity (Wildman–Crippen MR) is 145 cm³/mol. The molecule has 0 aliphatic carbocycles. The molecule has 2 amide bonds. The van der Waals surface area contributed by atoms with Crippen LogP contribution in [0.3, 0.4) is 0 Å². The predicted octanol–water partition coefficient (Wildman–Crippen LogP) is 4.20. The first-order valence-corrected chi connectivity index (χ1v) is 15.0. The van der Waals surface area contributed by atoms with Crippen molar-refractivity contribution in [2.24, 2.45) is 0 Å². The van der Waals surface area contributed by atoms with Gasteiger partial charge in [-0.3, -0.25) is 9.59 Å². The first kappa shape index (κ1) is 26.0. The zero-order valence-corrected chi connectivity index (χ0v) is 23.0. The van der Waals surface area contributed by atoms with Crippen LogP contribution in [0.5, 0.6) is 0 Å². The second-order valence-electron chi connectivity index (χ2n) is 9.94. The number of hydrogen-bond donors (Lipinski definition) is 0. The summed E-state index contributed by atoms with van der Waals surface area (Å²) in [6.45, 7) is 3.21. The van der Waals surface area contributed by atoms with E-state index in [2.05, 4.69) is 0 Å². The molecule has 8 nitrogen and oxygen atoms in total. The van der Waals surface area contributed by atoms with Crippen molar-refractivity contribution < 1.29 is 18.0 Å². The van der Waals surface area contributed by atoms with E-state index in [0.717, 1.165) is 16.8 Å². The topological polar surface area (TPSA) is 92.6 Å². The van der Waals surface area contributed by atoms with Crippen LogP contribution in [0.2, 0.25) is 10.0 Å². The van der Waals surface area contributed by atoms with Gasteiger partial charge < -0.3 is 14.4 Å². The molecule has 3 heterocycles. The lowest BCUT2D eigenvalue weighted by Crippen LogP contribution is -2.49. The van der Waals surface area contributed by atoms with Crippen LogP contribution in [-0.4, -0.2) is 59.8 Å². The molecule has 1 saturated heterocycles. The van der Waals surface area contributed by atoms with Crippen molar-refractivity contribution in [3.05, 3.63) is 57.8 Å². The first-order chi connectivity index (χ1) is 17.5. The number of hydrogen-bond acceptors (Lipinski definition) is 5. The normalized spacial score (nSPS) is 17.1. The molecule has 2 aliphatic heterocycles. The number of halogens is 2. The van der Waals surface area contributed by atoms with Gasteiger partial charge in [-0.05, 0) is 61.2 Å². The Labute approximate surface area is 226 Å². The van der Waals surface area contributed by atoms with Crippen molar-refractivity contribution in [1.29, 1.82) is 0 Å². The fourth-order valence-corrected chi connectivity index (χ4v) is 6.59. The SMILES string of the molecule is CC(=O)N1CCC2(CC1)C(=O)N(Cc1nc3cc(Cl)ccc3n1CCCS(C)(=O)=O)c1ccc(Cl)cc12. The number of anilines is 1. The van der Waals surface area contributed by atoms with Crippen molar-refractivity contribution in [2.75, 3.05) is 30.0 Å². The van der Waals surface area contributed by atoms with Gasteiger partial charge in [-0.15, -0.1) is 0 Å². The van der Waals surface area contributed by atoms with E-state index in [1.54, 1.807) is 34.9 Å². The highest BCUT2D eigenvalue weighted by molar-refractivity contribution is 7.90. The zero-order valence-electron chi connectivity index (χ0n) is 20.7. The highest BCUT2D eigenvalue weighted by atomic mass is 35.5. The maximum atomic E-state index is 14.1. The smallest absolute Gasteiger partial charge is 0.238 e. The molecule has 1 aromatic heterocycles. The van der Waals surface area contributed by atoms with Crippen LogP contribution < -0.4 is 4.90 Å². The Hall–Kier alpha value is -2.62. The molecule has 0 bridgehead atoms. The third-order valence-electron chi connectivity index (χ3n) is 7.47. The number of amides is 2. The lowest BCUT2D eigenvalue weighted by atomic mass is 9.73. The summed E-state index contributed by atoms with van der Waals surface area (Å²) in [4.78, 5) is 34.4. The van der Waals surface area contributed by atoms with Gasteiger partial charge in [0.05, 0.1) is 28.7 Å². The van der Waals surface area contributed by atoms with Gasteiger partial charge in [-0.25, -0.2) is 13.4 Å². The summed E-state index contributed by atoms with van der Waals surface area (Å²) >= 11 is 12.6. The van der Waals surface area contributed by atoms with Crippen LogP contribution in [0.15, 0.2) is 36.4 Å². The molecule has 0 saturated carbocycles. The highest BCUT2D eigenvalue weighted by Crippen LogP contribution is 2.49. The van der Waals surface area contributed by atoms with Crippen LogP contribution in [-0.2, 0) is 37.9 Å². The van der Waals surface area contributed by atoms with Gasteiger partial charge in [0.25, 0.3) is 0 Å². The minimum atomic E-state index is -3.11. The van der Waals surface area contributed by atoms with Crippen molar-refractivity contribution in [3.8, 4) is 0 Å². The molecular weight excluding hydrogens is 535 g/mol. The molecule has 1 spiro atoms. The standard InChI is InChI=1S/C26H28Cl2N4O4S/c1-17(33)30-11-8-26(9-12-30)20-14-18(27)4-6-22(20)32(25(26)34)16-24-29-21-15-19(28)5-7-23(21)31(24)10-3-13-37(2,35)36/h4-7,14-15H,3,8-13,16H2,1-2H3. The van der Waals surface area contributed by atoms with E-state index in [1.165, 1.54) is 6.26 Å². The van der Waals surface area contributed by atoms with Crippen molar-refractivity contribution in [3.63, 3.8) is 0 Å². The van der Waals surface area contributed by atoms with Crippen LogP contribution in [0, 0.1) is 0 Å². The van der Waals surface area contributed by atoms with Crippen molar-refractivity contribution in [1.82, 2.24) is 14.5 Å². The minimum Gasteiger partial charge on any atom is -0.343 e. The summed E-state index contributed by atoms with van der Waals surface area (Å²) in [7, 11) is -3.11. The second kappa shape index (κ2) is 9.60. The third kappa shape index (κ3) is 4.84. The van der Waals surface area contributed by atoms with Crippen LogP contribution in [0.4, 0.5) is 5.69 Å². The van der Waals surface area contributed by atoms with Crippen LogP contribution >= 0.6 is 23.2 Å².